The summed E-state index contributed by atoms with van der Waals surface area (Å²) in [6.07, 6.45) is 88.7. The lowest BCUT2D eigenvalue weighted by molar-refractivity contribution is -0.161. The minimum absolute atomic E-state index is 0.101. The number of aliphatic hydroxyl groups is 1. The molecule has 0 amide bonds. The molecule has 1 atom stereocenters. The summed E-state index contributed by atoms with van der Waals surface area (Å²) in [4.78, 5) is 24.5. The highest BCUT2D eigenvalue weighted by Crippen LogP contribution is 2.12. The molecular formula is C63H96O5. The van der Waals surface area contributed by atoms with Gasteiger partial charge < -0.3 is 14.6 Å². The lowest BCUT2D eigenvalue weighted by Crippen LogP contribution is -2.28. The van der Waals surface area contributed by atoms with Crippen molar-refractivity contribution in [2.45, 2.75) is 200 Å². The molecule has 1 unspecified atom stereocenters. The largest absolute Gasteiger partial charge is 0.462 e. The van der Waals surface area contributed by atoms with Gasteiger partial charge in [0, 0.05) is 12.8 Å². The molecule has 0 saturated heterocycles. The number of ether oxygens (including phenoxy) is 2. The van der Waals surface area contributed by atoms with Crippen molar-refractivity contribution in [1.29, 1.82) is 0 Å². The summed E-state index contributed by atoms with van der Waals surface area (Å²) < 4.78 is 10.6. The predicted octanol–water partition coefficient (Wildman–Crippen LogP) is 18.2. The van der Waals surface area contributed by atoms with Gasteiger partial charge in [-0.25, -0.2) is 0 Å². The third-order valence-electron chi connectivity index (χ3n) is 10.5. The quantitative estimate of drug-likeness (QED) is 0.0374. The van der Waals surface area contributed by atoms with Crippen LogP contribution in [0.15, 0.2) is 170 Å². The highest BCUT2D eigenvalue weighted by atomic mass is 16.6. The van der Waals surface area contributed by atoms with Crippen LogP contribution in [0.1, 0.15) is 194 Å². The minimum atomic E-state index is -0.814. The molecule has 0 aliphatic heterocycles. The third-order valence-corrected chi connectivity index (χ3v) is 10.5. The van der Waals surface area contributed by atoms with Crippen molar-refractivity contribution >= 4 is 11.9 Å². The van der Waals surface area contributed by atoms with E-state index in [1.54, 1.807) is 0 Å². The average Bonchev–Trinajstić information content (AvgIpc) is 3.34. The number of rotatable bonds is 46. The summed E-state index contributed by atoms with van der Waals surface area (Å²) in [5, 5.41) is 9.64. The monoisotopic (exact) mass is 933 g/mol. The molecule has 5 heteroatoms. The maximum atomic E-state index is 12.3. The van der Waals surface area contributed by atoms with Crippen molar-refractivity contribution in [2.75, 3.05) is 13.2 Å². The van der Waals surface area contributed by atoms with E-state index in [0.29, 0.717) is 12.8 Å². The van der Waals surface area contributed by atoms with E-state index < -0.39 is 6.10 Å². The van der Waals surface area contributed by atoms with Crippen molar-refractivity contribution in [3.63, 3.8) is 0 Å². The molecular weight excluding hydrogens is 837 g/mol. The van der Waals surface area contributed by atoms with E-state index in [-0.39, 0.29) is 31.6 Å². The fourth-order valence-electron chi connectivity index (χ4n) is 6.57. The van der Waals surface area contributed by atoms with Gasteiger partial charge in [0.05, 0.1) is 6.61 Å². The van der Waals surface area contributed by atoms with Crippen LogP contribution in [-0.2, 0) is 19.1 Å². The summed E-state index contributed by atoms with van der Waals surface area (Å²) in [6, 6.07) is 0. The number of allylic oxidation sites excluding steroid dienone is 28. The Labute approximate surface area is 417 Å². The van der Waals surface area contributed by atoms with Crippen LogP contribution in [0.5, 0.6) is 0 Å². The van der Waals surface area contributed by atoms with E-state index >= 15 is 0 Å². The fraction of sp³-hybridized carbons (Fsp3) is 0.524. The highest BCUT2D eigenvalue weighted by molar-refractivity contribution is 5.70. The number of hydrogen-bond acceptors (Lipinski definition) is 5. The van der Waals surface area contributed by atoms with Gasteiger partial charge in [-0.15, -0.1) is 0 Å². The van der Waals surface area contributed by atoms with Crippen LogP contribution in [0, 0.1) is 0 Å². The van der Waals surface area contributed by atoms with Gasteiger partial charge in [-0.1, -0.05) is 223 Å². The summed E-state index contributed by atoms with van der Waals surface area (Å²) in [6.45, 7) is 3.85. The van der Waals surface area contributed by atoms with E-state index in [1.165, 1.54) is 32.1 Å². The molecule has 0 aliphatic rings. The third kappa shape index (κ3) is 53.9. The molecule has 5 nitrogen and oxygen atoms in total. The van der Waals surface area contributed by atoms with Gasteiger partial charge in [0.1, 0.15) is 6.61 Å². The van der Waals surface area contributed by atoms with Crippen LogP contribution >= 0.6 is 0 Å². The zero-order valence-corrected chi connectivity index (χ0v) is 43.0. The first-order valence-electron chi connectivity index (χ1n) is 26.7. The molecule has 68 heavy (non-hydrogen) atoms. The van der Waals surface area contributed by atoms with Gasteiger partial charge in [0.25, 0.3) is 0 Å². The standard InChI is InChI=1S/C63H96O5/c1-3-5-7-9-11-13-15-17-19-21-23-25-27-29-31-33-35-37-39-41-43-45-47-49-51-53-55-57-62(65)67-60-61(59-64)68-63(66)58-56-54-52-50-48-46-44-42-40-38-36-34-32-30-28-26-24-22-20-18-16-14-12-10-8-6-4-2/h5-8,11-14,17-20,23-26,29-32,35-38,42,44,48,50,61,64H,3-4,9-10,15-16,21-22,27-28,33-34,39-41,43,45-47,49,51-60H2,1-2H3/b7-5-,8-6-,13-11-,14-12-,19-17-,20-18-,25-23-,26-24-,31-29-,32-30-,37-35-,38-36-,44-42-,50-48-. The molecule has 0 aromatic carbocycles. The molecule has 0 spiro atoms. The first-order valence-corrected chi connectivity index (χ1v) is 26.7. The Kier molecular flexibility index (Phi) is 52.6. The molecule has 0 fully saturated rings. The van der Waals surface area contributed by atoms with Gasteiger partial charge in [-0.3, -0.25) is 9.59 Å². The number of aliphatic hydroxyl groups excluding tert-OH is 1. The zero-order valence-electron chi connectivity index (χ0n) is 43.0. The molecule has 0 rings (SSSR count). The van der Waals surface area contributed by atoms with E-state index in [1.807, 2.05) is 0 Å². The van der Waals surface area contributed by atoms with Crippen LogP contribution in [-0.4, -0.2) is 36.4 Å². The van der Waals surface area contributed by atoms with Crippen molar-refractivity contribution < 1.29 is 24.2 Å². The molecule has 0 radical (unpaired) electrons. The fourth-order valence-corrected chi connectivity index (χ4v) is 6.57. The second kappa shape index (κ2) is 56.6. The summed E-state index contributed by atoms with van der Waals surface area (Å²) >= 11 is 0. The van der Waals surface area contributed by atoms with Crippen LogP contribution in [0.4, 0.5) is 0 Å². The number of hydrogen-bond donors (Lipinski definition) is 1. The van der Waals surface area contributed by atoms with Crippen molar-refractivity contribution in [3.8, 4) is 0 Å². The van der Waals surface area contributed by atoms with Crippen LogP contribution in [0.25, 0.3) is 0 Å². The lowest BCUT2D eigenvalue weighted by Gasteiger charge is -2.15. The molecule has 1 N–H and O–H groups in total. The van der Waals surface area contributed by atoms with Crippen molar-refractivity contribution in [2.24, 2.45) is 0 Å². The van der Waals surface area contributed by atoms with Crippen LogP contribution in [0.3, 0.4) is 0 Å². The Balaban J connectivity index is 3.70. The van der Waals surface area contributed by atoms with Gasteiger partial charge in [-0.2, -0.15) is 0 Å². The Morgan fingerprint density at radius 2 is 0.588 bits per heavy atom. The second-order valence-electron chi connectivity index (χ2n) is 16.8. The van der Waals surface area contributed by atoms with Crippen molar-refractivity contribution in [3.05, 3.63) is 170 Å². The van der Waals surface area contributed by atoms with Crippen LogP contribution < -0.4 is 0 Å². The minimum Gasteiger partial charge on any atom is -0.462 e. The number of carbonyl (C=O) groups is 2. The maximum Gasteiger partial charge on any atom is 0.306 e. The van der Waals surface area contributed by atoms with E-state index in [2.05, 4.69) is 184 Å². The Hall–Kier alpha value is -4.74. The summed E-state index contributed by atoms with van der Waals surface area (Å²) in [7, 11) is 0. The average molecular weight is 933 g/mol. The first kappa shape index (κ1) is 63.3. The summed E-state index contributed by atoms with van der Waals surface area (Å²) in [5.41, 5.74) is 0. The normalized spacial score (nSPS) is 13.6. The Bertz CT molecular complexity index is 1570. The Morgan fingerprint density at radius 3 is 0.912 bits per heavy atom. The second-order valence-corrected chi connectivity index (χ2v) is 16.8. The molecule has 0 aliphatic carbocycles. The van der Waals surface area contributed by atoms with Crippen molar-refractivity contribution in [1.82, 2.24) is 0 Å². The number of esters is 2. The van der Waals surface area contributed by atoms with E-state index in [4.69, 9.17) is 9.47 Å². The van der Waals surface area contributed by atoms with Gasteiger partial charge >= 0.3 is 11.9 Å². The van der Waals surface area contributed by atoms with Crippen LogP contribution in [0.2, 0.25) is 0 Å². The molecule has 0 heterocycles. The molecule has 0 saturated carbocycles. The lowest BCUT2D eigenvalue weighted by atomic mass is 10.1. The van der Waals surface area contributed by atoms with E-state index in [9.17, 15) is 14.7 Å². The predicted molar refractivity (Wildman–Crippen MR) is 297 cm³/mol. The molecule has 0 aromatic rings. The highest BCUT2D eigenvalue weighted by Gasteiger charge is 2.16. The molecule has 378 valence electrons. The smallest absolute Gasteiger partial charge is 0.306 e. The number of unbranched alkanes of at least 4 members (excludes halogenated alkanes) is 10. The zero-order chi connectivity index (χ0) is 49.2. The number of carbonyl (C=O) groups excluding carboxylic acids is 2. The first-order chi connectivity index (χ1) is 33.6. The SMILES string of the molecule is CC/C=C\C/C=C\C/C=C\C/C=C\C/C=C\C/C=C\C/C=C\C/C=C\CCCCC(=O)OC(CO)COC(=O)CCCCCCCCCC/C=C\C/C=C\C/C=C\C/C=C\C/C=C\C/C=C\CC. The van der Waals surface area contributed by atoms with Gasteiger partial charge in [0.15, 0.2) is 6.10 Å². The molecule has 0 bridgehead atoms. The topological polar surface area (TPSA) is 72.8 Å². The maximum absolute atomic E-state index is 12.3. The molecule has 0 aromatic heterocycles. The van der Waals surface area contributed by atoms with Gasteiger partial charge in [-0.05, 0) is 128 Å². The van der Waals surface area contributed by atoms with E-state index in [0.717, 1.165) is 128 Å². The summed E-state index contributed by atoms with van der Waals surface area (Å²) in [5.74, 6) is -0.667. The van der Waals surface area contributed by atoms with Gasteiger partial charge in [0.2, 0.25) is 0 Å². The Morgan fingerprint density at radius 1 is 0.338 bits per heavy atom.